The Morgan fingerprint density at radius 3 is 2.86 bits per heavy atom. The molecule has 1 unspecified atom stereocenters. The summed E-state index contributed by atoms with van der Waals surface area (Å²) in [4.78, 5) is 17.0. The first-order valence-corrected chi connectivity index (χ1v) is 9.80. The number of fused-ring (bicyclic) bond motifs is 2. The van der Waals surface area contributed by atoms with Crippen molar-refractivity contribution in [1.29, 1.82) is 5.26 Å². The molecule has 2 N–H and O–H groups in total. The van der Waals surface area contributed by atoms with Crippen molar-refractivity contribution in [3.63, 3.8) is 0 Å². The summed E-state index contributed by atoms with van der Waals surface area (Å²) in [7, 11) is 0. The summed E-state index contributed by atoms with van der Waals surface area (Å²) in [5.74, 6) is 0.613. The van der Waals surface area contributed by atoms with Crippen molar-refractivity contribution in [1.82, 2.24) is 10.3 Å². The van der Waals surface area contributed by atoms with Crippen LogP contribution in [0.2, 0.25) is 0 Å². The van der Waals surface area contributed by atoms with Crippen LogP contribution in [0.5, 0.6) is 5.75 Å². The lowest BCUT2D eigenvalue weighted by atomic mass is 9.72. The van der Waals surface area contributed by atoms with Gasteiger partial charge in [0.1, 0.15) is 17.4 Å². The molecule has 2 heterocycles. The average molecular weight is 384 g/mol. The second-order valence-electron chi connectivity index (χ2n) is 7.73. The molecule has 1 spiro atoms. The maximum Gasteiger partial charge on any atom is 0.319 e. The molecule has 1 saturated carbocycles. The predicted molar refractivity (Wildman–Crippen MR) is 110 cm³/mol. The third kappa shape index (κ3) is 3.05. The number of para-hydroxylation sites is 1. The highest BCUT2D eigenvalue weighted by Crippen LogP contribution is 2.49. The molecule has 1 aliphatic heterocycles. The van der Waals surface area contributed by atoms with E-state index < -0.39 is 0 Å². The second-order valence-corrected chi connectivity index (χ2v) is 7.73. The molecule has 6 heteroatoms. The van der Waals surface area contributed by atoms with Gasteiger partial charge in [0.15, 0.2) is 0 Å². The highest BCUT2D eigenvalue weighted by molar-refractivity contribution is 6.01. The minimum Gasteiger partial charge on any atom is -0.485 e. The molecule has 29 heavy (non-hydrogen) atoms. The van der Waals surface area contributed by atoms with Gasteiger partial charge in [-0.25, -0.2) is 4.79 Å². The molecule has 1 atom stereocenters. The van der Waals surface area contributed by atoms with Crippen molar-refractivity contribution < 1.29 is 9.53 Å². The molecule has 2 amide bonds. The molecular formula is C23H20N4O2. The van der Waals surface area contributed by atoms with E-state index in [1.807, 2.05) is 36.4 Å². The molecule has 2 aromatic carbocycles. The fourth-order valence-electron chi connectivity index (χ4n) is 4.33. The lowest BCUT2D eigenvalue weighted by molar-refractivity contribution is -0.0356. The van der Waals surface area contributed by atoms with Gasteiger partial charge >= 0.3 is 6.03 Å². The van der Waals surface area contributed by atoms with E-state index in [1.165, 1.54) is 0 Å². The number of hydrogen-bond acceptors (Lipinski definition) is 4. The Kier molecular flexibility index (Phi) is 4.09. The lowest BCUT2D eigenvalue weighted by Crippen LogP contribution is -2.50. The number of rotatable bonds is 2. The van der Waals surface area contributed by atoms with Crippen molar-refractivity contribution in [3.8, 4) is 11.8 Å². The summed E-state index contributed by atoms with van der Waals surface area (Å²) < 4.78 is 6.26. The number of benzene rings is 2. The molecule has 5 rings (SSSR count). The topological polar surface area (TPSA) is 87.0 Å². The van der Waals surface area contributed by atoms with Crippen LogP contribution >= 0.6 is 0 Å². The van der Waals surface area contributed by atoms with Crippen molar-refractivity contribution in [2.75, 3.05) is 5.32 Å². The number of pyridine rings is 1. The van der Waals surface area contributed by atoms with Crippen LogP contribution in [0.25, 0.3) is 10.8 Å². The molecule has 0 bridgehead atoms. The van der Waals surface area contributed by atoms with Gasteiger partial charge in [0.2, 0.25) is 0 Å². The number of aromatic nitrogens is 1. The quantitative estimate of drug-likeness (QED) is 0.672. The number of ether oxygens (including phenoxy) is 1. The maximum atomic E-state index is 12.9. The summed E-state index contributed by atoms with van der Waals surface area (Å²) in [6.07, 6.45) is 7.19. The Morgan fingerprint density at radius 2 is 2.07 bits per heavy atom. The Labute approximate surface area is 168 Å². The summed E-state index contributed by atoms with van der Waals surface area (Å²) in [6.45, 7) is 0. The van der Waals surface area contributed by atoms with E-state index in [2.05, 4.69) is 21.7 Å². The molecule has 0 radical (unpaired) electrons. The van der Waals surface area contributed by atoms with E-state index >= 15 is 0 Å². The number of nitrogens with one attached hydrogen (secondary N) is 2. The van der Waals surface area contributed by atoms with E-state index in [9.17, 15) is 10.1 Å². The highest BCUT2D eigenvalue weighted by Gasteiger charge is 2.46. The summed E-state index contributed by atoms with van der Waals surface area (Å²) >= 11 is 0. The predicted octanol–water partition coefficient (Wildman–Crippen LogP) is 4.67. The summed E-state index contributed by atoms with van der Waals surface area (Å²) in [5, 5.41) is 17.5. The van der Waals surface area contributed by atoms with Crippen LogP contribution in [0.4, 0.5) is 10.5 Å². The second kappa shape index (κ2) is 6.78. The average Bonchev–Trinajstić information content (AvgIpc) is 2.72. The largest absolute Gasteiger partial charge is 0.485 e. The first-order valence-electron chi connectivity index (χ1n) is 9.80. The van der Waals surface area contributed by atoms with Gasteiger partial charge in [0, 0.05) is 35.2 Å². The number of hydrogen-bond donors (Lipinski definition) is 2. The summed E-state index contributed by atoms with van der Waals surface area (Å²) in [5.41, 5.74) is 1.84. The molecule has 144 valence electrons. The maximum absolute atomic E-state index is 12.9. The van der Waals surface area contributed by atoms with Gasteiger partial charge in [0.05, 0.1) is 17.3 Å². The zero-order valence-corrected chi connectivity index (χ0v) is 15.8. The number of nitriles is 1. The van der Waals surface area contributed by atoms with E-state index in [4.69, 9.17) is 4.74 Å². The van der Waals surface area contributed by atoms with Crippen molar-refractivity contribution >= 4 is 22.5 Å². The molecule has 1 aliphatic carbocycles. The molecule has 6 nitrogen and oxygen atoms in total. The van der Waals surface area contributed by atoms with Crippen molar-refractivity contribution in [3.05, 3.63) is 66.0 Å². The van der Waals surface area contributed by atoms with Crippen LogP contribution in [0.1, 0.15) is 42.9 Å². The van der Waals surface area contributed by atoms with E-state index in [-0.39, 0.29) is 17.7 Å². The number of amides is 2. The Bertz CT molecular complexity index is 1140. The smallest absolute Gasteiger partial charge is 0.319 e. The molecule has 1 aromatic heterocycles. The SMILES string of the molecule is N#Cc1cccc2c1OC1(CCC1)CC2NC(=O)Nc1cccc2cnccc12. The molecule has 0 saturated heterocycles. The van der Waals surface area contributed by atoms with Crippen LogP contribution < -0.4 is 15.4 Å². The number of anilines is 1. The Morgan fingerprint density at radius 1 is 1.21 bits per heavy atom. The molecule has 2 aliphatic rings. The van der Waals surface area contributed by atoms with Crippen LogP contribution in [0.3, 0.4) is 0 Å². The first-order chi connectivity index (χ1) is 14.2. The van der Waals surface area contributed by atoms with Gasteiger partial charge in [-0.2, -0.15) is 5.26 Å². The van der Waals surface area contributed by atoms with Gasteiger partial charge in [-0.1, -0.05) is 24.3 Å². The van der Waals surface area contributed by atoms with Crippen molar-refractivity contribution in [2.45, 2.75) is 37.3 Å². The number of urea groups is 1. The molecule has 1 fully saturated rings. The zero-order valence-electron chi connectivity index (χ0n) is 15.8. The van der Waals surface area contributed by atoms with E-state index in [1.54, 1.807) is 18.5 Å². The van der Waals surface area contributed by atoms with Crippen molar-refractivity contribution in [2.24, 2.45) is 0 Å². The number of nitrogens with zero attached hydrogens (tertiary/aromatic N) is 2. The minimum absolute atomic E-state index is 0.205. The van der Waals surface area contributed by atoms with E-state index in [0.29, 0.717) is 17.7 Å². The minimum atomic E-state index is -0.275. The highest BCUT2D eigenvalue weighted by atomic mass is 16.5. The van der Waals surface area contributed by atoms with Crippen LogP contribution in [-0.4, -0.2) is 16.6 Å². The van der Waals surface area contributed by atoms with Gasteiger partial charge in [-0.05, 0) is 37.5 Å². The summed E-state index contributed by atoms with van der Waals surface area (Å²) in [6, 6.07) is 14.9. The van der Waals surface area contributed by atoms with Crippen LogP contribution in [0.15, 0.2) is 54.9 Å². The van der Waals surface area contributed by atoms with Gasteiger partial charge < -0.3 is 15.4 Å². The van der Waals surface area contributed by atoms with Crippen LogP contribution in [-0.2, 0) is 0 Å². The number of carbonyl (C=O) groups excluding carboxylic acids is 1. The lowest BCUT2D eigenvalue weighted by Gasteiger charge is -2.48. The normalized spacial score (nSPS) is 18.8. The zero-order chi connectivity index (χ0) is 19.8. The Hall–Kier alpha value is -3.59. The third-order valence-electron chi connectivity index (χ3n) is 5.94. The van der Waals surface area contributed by atoms with Gasteiger partial charge in [0.25, 0.3) is 0 Å². The Balaban J connectivity index is 1.42. The fraction of sp³-hybridized carbons (Fsp3) is 0.261. The standard InChI is InChI=1S/C23H20N4O2/c24-13-15-4-1-6-18-20(12-23(9-3-10-23)29-21(15)18)27-22(28)26-19-7-2-5-16-14-25-11-8-17(16)19/h1-2,4-8,11,14,20H,3,9-10,12H2,(H2,26,27,28). The monoisotopic (exact) mass is 384 g/mol. The van der Waals surface area contributed by atoms with Crippen LogP contribution in [0, 0.1) is 11.3 Å². The van der Waals surface area contributed by atoms with E-state index in [0.717, 1.165) is 41.3 Å². The molecular weight excluding hydrogens is 364 g/mol. The first kappa shape index (κ1) is 17.5. The van der Waals surface area contributed by atoms with Gasteiger partial charge in [-0.15, -0.1) is 0 Å². The fourth-order valence-corrected chi connectivity index (χ4v) is 4.33. The third-order valence-corrected chi connectivity index (χ3v) is 5.94. The number of carbonyl (C=O) groups is 1. The van der Waals surface area contributed by atoms with Gasteiger partial charge in [-0.3, -0.25) is 4.98 Å². The molecule has 3 aromatic rings.